The van der Waals surface area contributed by atoms with E-state index in [0.717, 1.165) is 28.8 Å². The Balaban J connectivity index is 2.04. The molecule has 3 aromatic rings. The van der Waals surface area contributed by atoms with E-state index in [2.05, 4.69) is 4.74 Å². The van der Waals surface area contributed by atoms with Crippen molar-refractivity contribution >= 4 is 0 Å². The molecule has 0 amide bonds. The van der Waals surface area contributed by atoms with E-state index in [1.807, 2.05) is 6.92 Å². The number of ether oxygens (including phenoxy) is 1. The first-order valence-electron chi connectivity index (χ1n) is 8.14. The standard InChI is InChI=1S/C20H15F4NO2/c1-2-13-11-19(26)25(12-18(13)14-3-5-15(21)6-4-14)16-7-9-17(10-8-16)27-20(22,23)24/h3-12H,2H2,1H3. The Kier molecular flexibility index (Phi) is 5.03. The molecule has 0 N–H and O–H groups in total. The third-order valence-corrected chi connectivity index (χ3v) is 4.02. The molecular weight excluding hydrogens is 362 g/mol. The second-order valence-corrected chi connectivity index (χ2v) is 5.82. The molecule has 1 heterocycles. The topological polar surface area (TPSA) is 31.2 Å². The number of pyridine rings is 1. The van der Waals surface area contributed by atoms with Crippen molar-refractivity contribution in [3.63, 3.8) is 0 Å². The second-order valence-electron chi connectivity index (χ2n) is 5.82. The van der Waals surface area contributed by atoms with Crippen LogP contribution in [0.5, 0.6) is 5.75 Å². The van der Waals surface area contributed by atoms with Crippen LogP contribution in [0.25, 0.3) is 16.8 Å². The van der Waals surface area contributed by atoms with Gasteiger partial charge < -0.3 is 4.74 Å². The maximum absolute atomic E-state index is 13.2. The Hall–Kier alpha value is -3.09. The zero-order valence-corrected chi connectivity index (χ0v) is 14.3. The number of hydrogen-bond donors (Lipinski definition) is 0. The summed E-state index contributed by atoms with van der Waals surface area (Å²) in [5.74, 6) is -0.742. The highest BCUT2D eigenvalue weighted by Gasteiger charge is 2.31. The molecule has 0 fully saturated rings. The van der Waals surface area contributed by atoms with Crippen LogP contribution in [0, 0.1) is 5.82 Å². The average molecular weight is 377 g/mol. The number of aromatic nitrogens is 1. The molecule has 3 rings (SSSR count). The third-order valence-electron chi connectivity index (χ3n) is 4.02. The second kappa shape index (κ2) is 7.26. The summed E-state index contributed by atoms with van der Waals surface area (Å²) >= 11 is 0. The Bertz CT molecular complexity index is 990. The fourth-order valence-corrected chi connectivity index (χ4v) is 2.76. The van der Waals surface area contributed by atoms with Gasteiger partial charge in [0.2, 0.25) is 0 Å². The van der Waals surface area contributed by atoms with Gasteiger partial charge in [0, 0.05) is 23.5 Å². The zero-order valence-electron chi connectivity index (χ0n) is 14.3. The molecule has 1 aromatic heterocycles. The summed E-state index contributed by atoms with van der Waals surface area (Å²) in [6, 6.07) is 12.4. The van der Waals surface area contributed by atoms with E-state index in [1.54, 1.807) is 18.3 Å². The van der Waals surface area contributed by atoms with Gasteiger partial charge in [-0.05, 0) is 53.9 Å². The summed E-state index contributed by atoms with van der Waals surface area (Å²) in [7, 11) is 0. The van der Waals surface area contributed by atoms with E-state index >= 15 is 0 Å². The van der Waals surface area contributed by atoms with Crippen LogP contribution in [-0.4, -0.2) is 10.9 Å². The van der Waals surface area contributed by atoms with Crippen LogP contribution in [-0.2, 0) is 6.42 Å². The normalized spacial score (nSPS) is 11.4. The molecular formula is C20H15F4NO2. The van der Waals surface area contributed by atoms with E-state index in [4.69, 9.17) is 0 Å². The van der Waals surface area contributed by atoms with Crippen molar-refractivity contribution in [2.75, 3.05) is 0 Å². The van der Waals surface area contributed by atoms with Gasteiger partial charge in [-0.15, -0.1) is 13.2 Å². The van der Waals surface area contributed by atoms with Crippen molar-refractivity contribution in [3.8, 4) is 22.6 Å². The van der Waals surface area contributed by atoms with E-state index in [-0.39, 0.29) is 17.1 Å². The van der Waals surface area contributed by atoms with Gasteiger partial charge in [-0.1, -0.05) is 19.1 Å². The van der Waals surface area contributed by atoms with Gasteiger partial charge in [-0.3, -0.25) is 9.36 Å². The molecule has 140 valence electrons. The first-order valence-corrected chi connectivity index (χ1v) is 8.14. The molecule has 0 unspecified atom stereocenters. The number of halogens is 4. The predicted octanol–water partition coefficient (Wildman–Crippen LogP) is 5.10. The molecule has 3 nitrogen and oxygen atoms in total. The molecule has 0 aliphatic heterocycles. The quantitative estimate of drug-likeness (QED) is 0.592. The van der Waals surface area contributed by atoms with Gasteiger partial charge >= 0.3 is 6.36 Å². The molecule has 0 saturated carbocycles. The van der Waals surface area contributed by atoms with Crippen LogP contribution in [0.3, 0.4) is 0 Å². The number of aryl methyl sites for hydroxylation is 1. The summed E-state index contributed by atoms with van der Waals surface area (Å²) in [6.07, 6.45) is -2.58. The number of benzene rings is 2. The first-order chi connectivity index (χ1) is 12.8. The van der Waals surface area contributed by atoms with Crippen LogP contribution in [0.15, 0.2) is 65.6 Å². The summed E-state index contributed by atoms with van der Waals surface area (Å²) in [5.41, 5.74) is 2.34. The fourth-order valence-electron chi connectivity index (χ4n) is 2.76. The first kappa shape index (κ1) is 18.7. The van der Waals surface area contributed by atoms with Crippen LogP contribution in [0.1, 0.15) is 12.5 Å². The average Bonchev–Trinajstić information content (AvgIpc) is 2.62. The lowest BCUT2D eigenvalue weighted by Gasteiger charge is -2.14. The number of hydrogen-bond acceptors (Lipinski definition) is 2. The predicted molar refractivity (Wildman–Crippen MR) is 93.5 cm³/mol. The number of nitrogens with zero attached hydrogens (tertiary/aromatic N) is 1. The summed E-state index contributed by atoms with van der Waals surface area (Å²) in [4.78, 5) is 12.4. The lowest BCUT2D eigenvalue weighted by Crippen LogP contribution is -2.19. The molecule has 0 bridgehead atoms. The molecule has 0 saturated heterocycles. The van der Waals surface area contributed by atoms with E-state index < -0.39 is 6.36 Å². The molecule has 0 aliphatic carbocycles. The van der Waals surface area contributed by atoms with E-state index in [9.17, 15) is 22.4 Å². The van der Waals surface area contributed by atoms with Crippen molar-refractivity contribution in [2.24, 2.45) is 0 Å². The Morgan fingerprint density at radius 2 is 1.63 bits per heavy atom. The largest absolute Gasteiger partial charge is 0.573 e. The molecule has 0 atom stereocenters. The third kappa shape index (κ3) is 4.36. The number of alkyl halides is 3. The highest BCUT2D eigenvalue weighted by atomic mass is 19.4. The SMILES string of the molecule is CCc1cc(=O)n(-c2ccc(OC(F)(F)F)cc2)cc1-c1ccc(F)cc1. The monoisotopic (exact) mass is 377 g/mol. The maximum Gasteiger partial charge on any atom is 0.573 e. The van der Waals surface area contributed by atoms with Crippen molar-refractivity contribution in [2.45, 2.75) is 19.7 Å². The molecule has 0 aliphatic rings. The lowest BCUT2D eigenvalue weighted by molar-refractivity contribution is -0.274. The summed E-state index contributed by atoms with van der Waals surface area (Å²) in [6.45, 7) is 1.90. The van der Waals surface area contributed by atoms with Crippen LogP contribution >= 0.6 is 0 Å². The van der Waals surface area contributed by atoms with Crippen LogP contribution < -0.4 is 10.3 Å². The highest BCUT2D eigenvalue weighted by Crippen LogP contribution is 2.26. The molecule has 2 aromatic carbocycles. The smallest absolute Gasteiger partial charge is 0.406 e. The van der Waals surface area contributed by atoms with Gasteiger partial charge in [0.25, 0.3) is 5.56 Å². The van der Waals surface area contributed by atoms with Gasteiger partial charge in [0.15, 0.2) is 0 Å². The molecule has 0 spiro atoms. The number of rotatable bonds is 4. The van der Waals surface area contributed by atoms with Crippen molar-refractivity contribution in [1.82, 2.24) is 4.57 Å². The summed E-state index contributed by atoms with van der Waals surface area (Å²) in [5, 5.41) is 0. The van der Waals surface area contributed by atoms with Gasteiger partial charge in [0.1, 0.15) is 11.6 Å². The van der Waals surface area contributed by atoms with Crippen molar-refractivity contribution in [3.05, 3.63) is 82.5 Å². The molecule has 0 radical (unpaired) electrons. The summed E-state index contributed by atoms with van der Waals surface area (Å²) < 4.78 is 55.2. The van der Waals surface area contributed by atoms with E-state index in [0.29, 0.717) is 12.1 Å². The molecule has 27 heavy (non-hydrogen) atoms. The van der Waals surface area contributed by atoms with Crippen LogP contribution in [0.2, 0.25) is 0 Å². The van der Waals surface area contributed by atoms with Crippen molar-refractivity contribution < 1.29 is 22.3 Å². The lowest BCUT2D eigenvalue weighted by atomic mass is 10.00. The zero-order chi connectivity index (χ0) is 19.6. The fraction of sp³-hybridized carbons (Fsp3) is 0.150. The Morgan fingerprint density at radius 1 is 1.00 bits per heavy atom. The van der Waals surface area contributed by atoms with Gasteiger partial charge in [-0.2, -0.15) is 0 Å². The highest BCUT2D eigenvalue weighted by molar-refractivity contribution is 5.67. The Labute approximate surface area is 152 Å². The minimum Gasteiger partial charge on any atom is -0.406 e. The van der Waals surface area contributed by atoms with Crippen LogP contribution in [0.4, 0.5) is 17.6 Å². The minimum absolute atomic E-state index is 0.317. The van der Waals surface area contributed by atoms with E-state index in [1.165, 1.54) is 34.9 Å². The Morgan fingerprint density at radius 3 is 2.19 bits per heavy atom. The molecule has 7 heteroatoms. The minimum atomic E-state index is -4.78. The van der Waals surface area contributed by atoms with Gasteiger partial charge in [-0.25, -0.2) is 4.39 Å². The maximum atomic E-state index is 13.2. The van der Waals surface area contributed by atoms with Gasteiger partial charge in [0.05, 0.1) is 0 Å². The van der Waals surface area contributed by atoms with Crippen molar-refractivity contribution in [1.29, 1.82) is 0 Å².